The molecule has 2 aromatic carbocycles. The van der Waals surface area contributed by atoms with E-state index in [0.717, 1.165) is 5.69 Å². The Kier molecular flexibility index (Phi) is 11.5. The van der Waals surface area contributed by atoms with Crippen LogP contribution < -0.4 is 9.06 Å². The maximum absolute atomic E-state index is 5.00. The summed E-state index contributed by atoms with van der Waals surface area (Å²) in [5, 5.41) is 0. The van der Waals surface area contributed by atoms with Crippen molar-refractivity contribution in [3.05, 3.63) is 66.7 Å². The van der Waals surface area contributed by atoms with Gasteiger partial charge in [-0.05, 0) is 12.1 Å². The van der Waals surface area contributed by atoms with Crippen LogP contribution in [-0.2, 0) is 0 Å². The third kappa shape index (κ3) is 9.46. The Labute approximate surface area is 115 Å². The standard InChI is InChI=1S/C6H7IN2.C6H6.H2N2/c7-9-8-6-4-2-1-3-5-6;1-2-4-6-5-3-1;1-2/h1-5,8-9H;1-6H;1-2H. The van der Waals surface area contributed by atoms with Gasteiger partial charge in [0.05, 0.1) is 0 Å². The number of halogens is 1. The second kappa shape index (κ2) is 12.6. The normalized spacial score (nSPS) is 7.82. The first-order chi connectivity index (χ1) is 8.43. The minimum Gasteiger partial charge on any atom is -0.313 e. The van der Waals surface area contributed by atoms with Crippen LogP contribution in [0.5, 0.6) is 0 Å². The quantitative estimate of drug-likeness (QED) is 0.285. The van der Waals surface area contributed by atoms with Gasteiger partial charge in [0.2, 0.25) is 0 Å². The predicted molar refractivity (Wildman–Crippen MR) is 79.1 cm³/mol. The van der Waals surface area contributed by atoms with E-state index in [1.165, 1.54) is 0 Å². The van der Waals surface area contributed by atoms with E-state index in [2.05, 4.69) is 9.06 Å². The first-order valence-corrected chi connectivity index (χ1v) is 5.93. The van der Waals surface area contributed by atoms with Gasteiger partial charge in [-0.3, -0.25) is 0 Å². The van der Waals surface area contributed by atoms with Crippen molar-refractivity contribution < 1.29 is 0 Å². The molecule has 17 heavy (non-hydrogen) atoms. The first kappa shape index (κ1) is 15.5. The molecule has 0 fully saturated rings. The monoisotopic (exact) mass is 342 g/mol. The van der Waals surface area contributed by atoms with Crippen LogP contribution in [0.15, 0.2) is 66.7 Å². The van der Waals surface area contributed by atoms with Gasteiger partial charge in [-0.25, -0.2) is 11.1 Å². The lowest BCUT2D eigenvalue weighted by atomic mass is 10.3. The maximum atomic E-state index is 5.00. The van der Waals surface area contributed by atoms with E-state index in [1.807, 2.05) is 89.6 Å². The fourth-order valence-corrected chi connectivity index (χ4v) is 1.27. The second-order valence-electron chi connectivity index (χ2n) is 2.74. The molecule has 0 aliphatic heterocycles. The molecule has 0 heterocycles. The van der Waals surface area contributed by atoms with Gasteiger partial charge in [0.15, 0.2) is 0 Å². The highest BCUT2D eigenvalue weighted by molar-refractivity contribution is 14.1. The highest BCUT2D eigenvalue weighted by Crippen LogP contribution is 2.02. The van der Waals surface area contributed by atoms with Crippen LogP contribution in [-0.4, -0.2) is 0 Å². The lowest BCUT2D eigenvalue weighted by Crippen LogP contribution is -2.06. The lowest BCUT2D eigenvalue weighted by Gasteiger charge is -1.99. The minimum atomic E-state index is 1.08. The van der Waals surface area contributed by atoms with Crippen molar-refractivity contribution in [2.24, 2.45) is 0 Å². The molecule has 0 saturated carbocycles. The SMILES string of the molecule is INNc1ccccc1.N=N.c1ccccc1. The minimum absolute atomic E-state index is 1.08. The van der Waals surface area contributed by atoms with Crippen molar-refractivity contribution in [1.29, 1.82) is 11.1 Å². The molecular weight excluding hydrogens is 327 g/mol. The Morgan fingerprint density at radius 1 is 0.706 bits per heavy atom. The van der Waals surface area contributed by atoms with Crippen LogP contribution in [0.1, 0.15) is 0 Å². The summed E-state index contributed by atoms with van der Waals surface area (Å²) in [6, 6.07) is 21.9. The summed E-state index contributed by atoms with van der Waals surface area (Å²) in [7, 11) is 0. The Morgan fingerprint density at radius 2 is 1.06 bits per heavy atom. The van der Waals surface area contributed by atoms with Crippen LogP contribution >= 0.6 is 22.9 Å². The molecule has 0 bridgehead atoms. The molecule has 0 aromatic heterocycles. The van der Waals surface area contributed by atoms with Gasteiger partial charge in [-0.15, -0.1) is 0 Å². The van der Waals surface area contributed by atoms with Crippen molar-refractivity contribution in [2.45, 2.75) is 0 Å². The van der Waals surface area contributed by atoms with Gasteiger partial charge in [0.1, 0.15) is 0 Å². The number of nitrogens with one attached hydrogen (secondary N) is 4. The third-order valence-corrected chi connectivity index (χ3v) is 1.90. The topological polar surface area (TPSA) is 71.8 Å². The Morgan fingerprint density at radius 3 is 1.41 bits per heavy atom. The maximum Gasteiger partial charge on any atom is 0.0495 e. The molecule has 2 rings (SSSR count). The fourth-order valence-electron chi connectivity index (χ4n) is 0.961. The molecule has 5 heteroatoms. The van der Waals surface area contributed by atoms with Crippen molar-refractivity contribution in [3.63, 3.8) is 0 Å². The molecular formula is C12H15IN4. The van der Waals surface area contributed by atoms with E-state index < -0.39 is 0 Å². The fraction of sp³-hybridized carbons (Fsp3) is 0. The van der Waals surface area contributed by atoms with Gasteiger partial charge < -0.3 is 5.43 Å². The summed E-state index contributed by atoms with van der Waals surface area (Å²) in [5.74, 6) is 0. The van der Waals surface area contributed by atoms with Crippen LogP contribution in [0.3, 0.4) is 0 Å². The Bertz CT molecular complexity index is 329. The largest absolute Gasteiger partial charge is 0.313 e. The molecule has 0 spiro atoms. The van der Waals surface area contributed by atoms with E-state index in [0.29, 0.717) is 0 Å². The lowest BCUT2D eigenvalue weighted by molar-refractivity contribution is 1.05. The van der Waals surface area contributed by atoms with Crippen LogP contribution in [0.4, 0.5) is 5.69 Å². The molecule has 0 amide bonds. The number of anilines is 1. The highest BCUT2D eigenvalue weighted by atomic mass is 127. The van der Waals surface area contributed by atoms with E-state index in [4.69, 9.17) is 11.1 Å². The second-order valence-corrected chi connectivity index (χ2v) is 3.28. The predicted octanol–water partition coefficient (Wildman–Crippen LogP) is 4.24. The van der Waals surface area contributed by atoms with Crippen LogP contribution in [0, 0.1) is 11.1 Å². The molecule has 0 unspecified atom stereocenters. The summed E-state index contributed by atoms with van der Waals surface area (Å²) in [6.45, 7) is 0. The van der Waals surface area contributed by atoms with E-state index in [-0.39, 0.29) is 0 Å². The zero-order chi connectivity index (χ0) is 12.8. The highest BCUT2D eigenvalue weighted by Gasteiger charge is 1.81. The average Bonchev–Trinajstić information content (AvgIpc) is 2.45. The van der Waals surface area contributed by atoms with Gasteiger partial charge in [0.25, 0.3) is 0 Å². The van der Waals surface area contributed by atoms with Crippen LogP contribution in [0.25, 0.3) is 0 Å². The number of benzene rings is 2. The molecule has 4 nitrogen and oxygen atoms in total. The number of hydrogen-bond donors (Lipinski definition) is 4. The van der Waals surface area contributed by atoms with Crippen LogP contribution in [0.2, 0.25) is 0 Å². The number of hydrazine groups is 1. The zero-order valence-electron chi connectivity index (χ0n) is 9.23. The summed E-state index contributed by atoms with van der Waals surface area (Å²) in [4.78, 5) is 0. The van der Waals surface area contributed by atoms with Crippen molar-refractivity contribution in [2.75, 3.05) is 5.43 Å². The van der Waals surface area contributed by atoms with Gasteiger partial charge in [0, 0.05) is 28.6 Å². The summed E-state index contributed by atoms with van der Waals surface area (Å²) in [6.07, 6.45) is 0. The van der Waals surface area contributed by atoms with Gasteiger partial charge in [-0.1, -0.05) is 54.6 Å². The summed E-state index contributed by atoms with van der Waals surface area (Å²) >= 11 is 2.03. The summed E-state index contributed by atoms with van der Waals surface area (Å²) in [5.41, 5.74) is 14.0. The molecule has 0 aliphatic carbocycles. The average molecular weight is 342 g/mol. The first-order valence-electron chi connectivity index (χ1n) is 4.85. The van der Waals surface area contributed by atoms with Crippen molar-refractivity contribution in [1.82, 2.24) is 3.64 Å². The number of para-hydroxylation sites is 1. The third-order valence-electron chi connectivity index (χ3n) is 1.63. The van der Waals surface area contributed by atoms with Crippen molar-refractivity contribution >= 4 is 28.6 Å². The molecule has 2 aromatic rings. The molecule has 90 valence electrons. The van der Waals surface area contributed by atoms with E-state index in [9.17, 15) is 0 Å². The Balaban J connectivity index is 0.000000278. The molecule has 0 radical (unpaired) electrons. The molecule has 0 aliphatic rings. The van der Waals surface area contributed by atoms with Crippen molar-refractivity contribution in [3.8, 4) is 0 Å². The molecule has 0 atom stereocenters. The Hall–Kier alpha value is -1.47. The number of hydrogen-bond acceptors (Lipinski definition) is 4. The smallest absolute Gasteiger partial charge is 0.0495 e. The van der Waals surface area contributed by atoms with E-state index >= 15 is 0 Å². The number of rotatable bonds is 2. The van der Waals surface area contributed by atoms with Gasteiger partial charge in [-0.2, -0.15) is 3.64 Å². The van der Waals surface area contributed by atoms with E-state index in [1.54, 1.807) is 0 Å². The van der Waals surface area contributed by atoms with Gasteiger partial charge >= 0.3 is 0 Å². The molecule has 4 N–H and O–H groups in total. The zero-order valence-corrected chi connectivity index (χ0v) is 11.4. The molecule has 0 saturated heterocycles. The summed E-state index contributed by atoms with van der Waals surface area (Å²) < 4.78 is 2.80.